The Kier molecular flexibility index (Phi) is 3.28. The number of amides is 2. The second kappa shape index (κ2) is 4.56. The number of hydrogen-bond donors (Lipinski definition) is 3. The number of rotatable bonds is 2. The lowest BCUT2D eigenvalue weighted by Crippen LogP contribution is -2.44. The highest BCUT2D eigenvalue weighted by Crippen LogP contribution is 2.28. The van der Waals surface area contributed by atoms with E-state index in [-0.39, 0.29) is 13.0 Å². The number of imide groups is 1. The molecular weight excluding hydrogens is 226 g/mol. The standard InChI is InChI=1S/C11H15NO5/c1-5-2-6(11(16)12-10(5)15)8-3-7(14)9(4-13)17-8/h2,6-9,13-14H,3-4H2,1H3,(H,12,15,16)/t6?,7-,8?,9?/m1/s1. The van der Waals surface area contributed by atoms with Crippen molar-refractivity contribution in [3.05, 3.63) is 11.6 Å². The van der Waals surface area contributed by atoms with Crippen molar-refractivity contribution in [3.63, 3.8) is 0 Å². The topological polar surface area (TPSA) is 95.9 Å². The van der Waals surface area contributed by atoms with Gasteiger partial charge in [0, 0.05) is 12.0 Å². The zero-order chi connectivity index (χ0) is 12.6. The maximum Gasteiger partial charge on any atom is 0.253 e. The van der Waals surface area contributed by atoms with Crippen LogP contribution >= 0.6 is 0 Å². The summed E-state index contributed by atoms with van der Waals surface area (Å²) in [5, 5.41) is 20.8. The van der Waals surface area contributed by atoms with Gasteiger partial charge in [-0.3, -0.25) is 14.9 Å². The Labute approximate surface area is 98.3 Å². The van der Waals surface area contributed by atoms with Crippen LogP contribution in [-0.4, -0.2) is 46.9 Å². The van der Waals surface area contributed by atoms with Gasteiger partial charge in [0.25, 0.3) is 5.91 Å². The van der Waals surface area contributed by atoms with E-state index in [0.717, 1.165) is 0 Å². The highest BCUT2D eigenvalue weighted by Gasteiger charge is 2.41. The van der Waals surface area contributed by atoms with Crippen LogP contribution in [0.4, 0.5) is 0 Å². The minimum atomic E-state index is -0.774. The van der Waals surface area contributed by atoms with Gasteiger partial charge in [0.2, 0.25) is 5.91 Å². The summed E-state index contributed by atoms with van der Waals surface area (Å²) in [6.45, 7) is 1.33. The Hall–Kier alpha value is -1.24. The van der Waals surface area contributed by atoms with Gasteiger partial charge in [0.15, 0.2) is 0 Å². The molecule has 6 nitrogen and oxygen atoms in total. The van der Waals surface area contributed by atoms with E-state index in [1.165, 1.54) is 0 Å². The van der Waals surface area contributed by atoms with E-state index in [4.69, 9.17) is 9.84 Å². The van der Waals surface area contributed by atoms with Crippen LogP contribution in [0.25, 0.3) is 0 Å². The quantitative estimate of drug-likeness (QED) is 0.523. The Bertz CT molecular complexity index is 378. The van der Waals surface area contributed by atoms with Crippen LogP contribution in [0.1, 0.15) is 13.3 Å². The largest absolute Gasteiger partial charge is 0.394 e. The van der Waals surface area contributed by atoms with Crippen molar-refractivity contribution in [3.8, 4) is 0 Å². The number of nitrogens with one attached hydrogen (secondary N) is 1. The molecule has 0 aromatic heterocycles. The normalized spacial score (nSPS) is 37.9. The van der Waals surface area contributed by atoms with Gasteiger partial charge in [0.05, 0.1) is 24.7 Å². The smallest absolute Gasteiger partial charge is 0.253 e. The van der Waals surface area contributed by atoms with Gasteiger partial charge in [-0.05, 0) is 6.92 Å². The van der Waals surface area contributed by atoms with Gasteiger partial charge >= 0.3 is 0 Å². The third-order valence-electron chi connectivity index (χ3n) is 3.16. The first-order valence-electron chi connectivity index (χ1n) is 5.51. The van der Waals surface area contributed by atoms with E-state index in [1.807, 2.05) is 0 Å². The van der Waals surface area contributed by atoms with Gasteiger partial charge in [-0.25, -0.2) is 0 Å². The summed E-state index contributed by atoms with van der Waals surface area (Å²) in [6.07, 6.45) is -0.0898. The third kappa shape index (κ3) is 2.24. The average Bonchev–Trinajstić information content (AvgIpc) is 2.65. The Balaban J connectivity index is 2.13. The lowest BCUT2D eigenvalue weighted by molar-refractivity contribution is -0.134. The predicted molar refractivity (Wildman–Crippen MR) is 56.8 cm³/mol. The highest BCUT2D eigenvalue weighted by atomic mass is 16.5. The first-order valence-corrected chi connectivity index (χ1v) is 5.51. The number of aliphatic hydroxyl groups excluding tert-OH is 2. The van der Waals surface area contributed by atoms with Crippen LogP contribution in [0.3, 0.4) is 0 Å². The van der Waals surface area contributed by atoms with Crippen LogP contribution in [-0.2, 0) is 14.3 Å². The van der Waals surface area contributed by atoms with Crippen LogP contribution in [0, 0.1) is 5.92 Å². The molecule has 0 saturated carbocycles. The predicted octanol–water partition coefficient (Wildman–Crippen LogP) is -1.28. The number of carbonyl (C=O) groups excluding carboxylic acids is 2. The van der Waals surface area contributed by atoms with E-state index >= 15 is 0 Å². The van der Waals surface area contributed by atoms with E-state index < -0.39 is 36.0 Å². The lowest BCUT2D eigenvalue weighted by atomic mass is 9.93. The molecule has 3 unspecified atom stereocenters. The van der Waals surface area contributed by atoms with Crippen molar-refractivity contribution in [1.29, 1.82) is 0 Å². The SMILES string of the molecule is CC1=CC(C2C[C@@H](O)C(CO)O2)C(=O)NC1=O. The zero-order valence-corrected chi connectivity index (χ0v) is 9.42. The molecule has 3 N–H and O–H groups in total. The summed E-state index contributed by atoms with van der Waals surface area (Å²) in [4.78, 5) is 22.9. The minimum absolute atomic E-state index is 0.279. The number of ether oxygens (including phenoxy) is 1. The Morgan fingerprint density at radius 1 is 1.53 bits per heavy atom. The molecule has 0 aliphatic carbocycles. The van der Waals surface area contributed by atoms with Crippen molar-refractivity contribution in [2.75, 3.05) is 6.61 Å². The number of hydrogen-bond acceptors (Lipinski definition) is 5. The molecule has 2 amide bonds. The van der Waals surface area contributed by atoms with Crippen LogP contribution in [0.2, 0.25) is 0 Å². The fourth-order valence-corrected chi connectivity index (χ4v) is 2.15. The second-order valence-electron chi connectivity index (χ2n) is 4.39. The van der Waals surface area contributed by atoms with E-state index in [0.29, 0.717) is 5.57 Å². The molecule has 0 bridgehead atoms. The summed E-state index contributed by atoms with van der Waals surface area (Å²) in [5.41, 5.74) is 0.458. The summed E-state index contributed by atoms with van der Waals surface area (Å²) in [5.74, 6) is -1.40. The molecular formula is C11H15NO5. The van der Waals surface area contributed by atoms with E-state index in [1.54, 1.807) is 13.0 Å². The van der Waals surface area contributed by atoms with Crippen molar-refractivity contribution in [1.82, 2.24) is 5.32 Å². The molecule has 4 atom stereocenters. The Morgan fingerprint density at radius 3 is 2.82 bits per heavy atom. The van der Waals surface area contributed by atoms with Crippen LogP contribution in [0.5, 0.6) is 0 Å². The summed E-state index contributed by atoms with van der Waals surface area (Å²) in [7, 11) is 0. The summed E-state index contributed by atoms with van der Waals surface area (Å²) in [6, 6.07) is 0. The van der Waals surface area contributed by atoms with E-state index in [2.05, 4.69) is 5.32 Å². The fourth-order valence-electron chi connectivity index (χ4n) is 2.15. The summed E-state index contributed by atoms with van der Waals surface area (Å²) < 4.78 is 5.40. The minimum Gasteiger partial charge on any atom is -0.394 e. The molecule has 94 valence electrons. The van der Waals surface area contributed by atoms with Gasteiger partial charge in [-0.15, -0.1) is 0 Å². The molecule has 1 saturated heterocycles. The zero-order valence-electron chi connectivity index (χ0n) is 9.42. The molecule has 2 aliphatic heterocycles. The molecule has 0 aromatic rings. The number of carbonyl (C=O) groups is 2. The third-order valence-corrected chi connectivity index (χ3v) is 3.16. The maximum atomic E-state index is 11.6. The monoisotopic (exact) mass is 241 g/mol. The highest BCUT2D eigenvalue weighted by molar-refractivity contribution is 6.08. The van der Waals surface area contributed by atoms with Gasteiger partial charge in [-0.2, -0.15) is 0 Å². The average molecular weight is 241 g/mol. The molecule has 2 rings (SSSR count). The first kappa shape index (κ1) is 12.2. The summed E-state index contributed by atoms with van der Waals surface area (Å²) >= 11 is 0. The molecule has 0 spiro atoms. The van der Waals surface area contributed by atoms with Crippen molar-refractivity contribution in [2.45, 2.75) is 31.7 Å². The van der Waals surface area contributed by atoms with Crippen molar-refractivity contribution < 1.29 is 24.5 Å². The molecule has 2 aliphatic rings. The lowest BCUT2D eigenvalue weighted by Gasteiger charge is -2.23. The van der Waals surface area contributed by atoms with Gasteiger partial charge in [-0.1, -0.05) is 6.08 Å². The van der Waals surface area contributed by atoms with Crippen molar-refractivity contribution >= 4 is 11.8 Å². The van der Waals surface area contributed by atoms with Gasteiger partial charge in [0.1, 0.15) is 6.10 Å². The van der Waals surface area contributed by atoms with Crippen LogP contribution < -0.4 is 5.32 Å². The molecule has 6 heteroatoms. The molecule has 17 heavy (non-hydrogen) atoms. The Morgan fingerprint density at radius 2 is 2.24 bits per heavy atom. The second-order valence-corrected chi connectivity index (χ2v) is 4.39. The maximum absolute atomic E-state index is 11.6. The van der Waals surface area contributed by atoms with Crippen molar-refractivity contribution in [2.24, 2.45) is 5.92 Å². The molecule has 0 aromatic carbocycles. The van der Waals surface area contributed by atoms with Gasteiger partial charge < -0.3 is 14.9 Å². The number of aliphatic hydroxyl groups is 2. The molecule has 0 radical (unpaired) electrons. The van der Waals surface area contributed by atoms with Crippen LogP contribution in [0.15, 0.2) is 11.6 Å². The first-order chi connectivity index (χ1) is 8.02. The molecule has 1 fully saturated rings. The fraction of sp³-hybridized carbons (Fsp3) is 0.636. The molecule has 2 heterocycles. The van der Waals surface area contributed by atoms with E-state index in [9.17, 15) is 14.7 Å².